The molecule has 12 heteroatoms. The number of rotatable bonds is 5. The third kappa shape index (κ3) is 4.33. The molecule has 1 unspecified atom stereocenters. The smallest absolute Gasteiger partial charge is 0.356 e. The molecule has 2 aromatic heterocycles. The fourth-order valence-corrected chi connectivity index (χ4v) is 4.37. The highest BCUT2D eigenvalue weighted by molar-refractivity contribution is 6.04. The zero-order valence-electron chi connectivity index (χ0n) is 19.2. The number of nitrogens with zero attached hydrogens (tertiary/aromatic N) is 5. The number of esters is 1. The Bertz CT molecular complexity index is 1110. The van der Waals surface area contributed by atoms with Gasteiger partial charge < -0.3 is 23.8 Å². The minimum atomic E-state index is -0.638. The normalized spacial score (nSPS) is 22.3. The lowest BCUT2D eigenvalue weighted by atomic mass is 10.2. The van der Waals surface area contributed by atoms with Gasteiger partial charge >= 0.3 is 12.0 Å². The Morgan fingerprint density at radius 1 is 1.29 bits per heavy atom. The predicted octanol–water partition coefficient (Wildman–Crippen LogP) is 1.82. The van der Waals surface area contributed by atoms with Gasteiger partial charge in [0.2, 0.25) is 5.88 Å². The number of anilines is 3. The summed E-state index contributed by atoms with van der Waals surface area (Å²) >= 11 is 0. The first-order valence-electron chi connectivity index (χ1n) is 11.0. The summed E-state index contributed by atoms with van der Waals surface area (Å²) in [6.45, 7) is 5.86. The van der Waals surface area contributed by atoms with E-state index >= 15 is 0 Å². The van der Waals surface area contributed by atoms with Crippen molar-refractivity contribution in [1.82, 2.24) is 15.0 Å². The molecule has 0 spiro atoms. The number of aromatic nitrogens is 3. The summed E-state index contributed by atoms with van der Waals surface area (Å²) in [5.74, 6) is -0.198. The Morgan fingerprint density at radius 3 is 2.91 bits per heavy atom. The molecule has 0 aromatic carbocycles. The van der Waals surface area contributed by atoms with Crippen LogP contribution in [0.25, 0.3) is 0 Å². The first kappa shape index (κ1) is 22.3. The van der Waals surface area contributed by atoms with Crippen molar-refractivity contribution >= 4 is 29.3 Å². The van der Waals surface area contributed by atoms with Gasteiger partial charge in [0.1, 0.15) is 24.9 Å². The van der Waals surface area contributed by atoms with Crippen molar-refractivity contribution in [1.29, 1.82) is 0 Å². The molecule has 0 saturated carbocycles. The average molecular weight is 470 g/mol. The van der Waals surface area contributed by atoms with Crippen LogP contribution in [0.3, 0.4) is 0 Å². The van der Waals surface area contributed by atoms with Crippen molar-refractivity contribution < 1.29 is 28.5 Å². The van der Waals surface area contributed by atoms with Crippen molar-refractivity contribution in [3.05, 3.63) is 30.2 Å². The van der Waals surface area contributed by atoms with E-state index in [4.69, 9.17) is 18.9 Å². The van der Waals surface area contributed by atoms with Gasteiger partial charge in [-0.1, -0.05) is 0 Å². The van der Waals surface area contributed by atoms with E-state index in [2.05, 4.69) is 25.2 Å². The fourth-order valence-electron chi connectivity index (χ4n) is 4.37. The molecular weight excluding hydrogens is 444 g/mol. The lowest BCUT2D eigenvalue weighted by Crippen LogP contribution is -2.48. The van der Waals surface area contributed by atoms with Gasteiger partial charge in [-0.2, -0.15) is 0 Å². The van der Waals surface area contributed by atoms with Gasteiger partial charge in [-0.3, -0.25) is 10.2 Å². The highest BCUT2D eigenvalue weighted by Gasteiger charge is 2.41. The number of carbonyl (C=O) groups is 2. The molecule has 5 rings (SSSR count). The van der Waals surface area contributed by atoms with Crippen LogP contribution in [0.15, 0.2) is 24.5 Å². The maximum absolute atomic E-state index is 13.3. The molecule has 3 aliphatic rings. The highest BCUT2D eigenvalue weighted by atomic mass is 16.7. The Labute approximate surface area is 196 Å². The molecular formula is C22H26N6O6. The molecule has 1 N–H and O–H groups in total. The number of pyridine rings is 1. The van der Waals surface area contributed by atoms with Crippen molar-refractivity contribution in [2.24, 2.45) is 0 Å². The minimum absolute atomic E-state index is 0.0756. The van der Waals surface area contributed by atoms with Crippen LogP contribution in [-0.2, 0) is 14.2 Å². The van der Waals surface area contributed by atoms with Gasteiger partial charge in [0.15, 0.2) is 17.3 Å². The fraction of sp³-hybridized carbons (Fsp3) is 0.500. The summed E-state index contributed by atoms with van der Waals surface area (Å²) in [5, 5.41) is 2.80. The van der Waals surface area contributed by atoms with Gasteiger partial charge in [0, 0.05) is 19.2 Å². The van der Waals surface area contributed by atoms with Crippen LogP contribution in [0.4, 0.5) is 22.1 Å². The Kier molecular flexibility index (Phi) is 5.70. The Morgan fingerprint density at radius 2 is 2.15 bits per heavy atom. The van der Waals surface area contributed by atoms with E-state index < -0.39 is 17.8 Å². The second kappa shape index (κ2) is 8.69. The summed E-state index contributed by atoms with van der Waals surface area (Å²) < 4.78 is 21.8. The summed E-state index contributed by atoms with van der Waals surface area (Å²) in [4.78, 5) is 41.8. The second-order valence-electron chi connectivity index (χ2n) is 8.72. The van der Waals surface area contributed by atoms with E-state index in [-0.39, 0.29) is 30.3 Å². The number of fused-ring (bicyclic) bond motifs is 4. The Balaban J connectivity index is 1.31. The van der Waals surface area contributed by atoms with Crippen molar-refractivity contribution in [2.75, 3.05) is 48.5 Å². The van der Waals surface area contributed by atoms with Crippen molar-refractivity contribution in [3.63, 3.8) is 0 Å². The van der Waals surface area contributed by atoms with E-state index in [0.29, 0.717) is 24.8 Å². The topological polar surface area (TPSA) is 128 Å². The number of nitrogens with one attached hydrogen (secondary N) is 1. The average Bonchev–Trinajstić information content (AvgIpc) is 3.40. The molecule has 12 nitrogen and oxygen atoms in total. The maximum atomic E-state index is 13.3. The van der Waals surface area contributed by atoms with Gasteiger partial charge in [0.25, 0.3) is 0 Å². The molecule has 2 amide bonds. The first-order chi connectivity index (χ1) is 16.3. The summed E-state index contributed by atoms with van der Waals surface area (Å²) in [5.41, 5.74) is 0.936. The number of urea groups is 1. The van der Waals surface area contributed by atoms with Gasteiger partial charge in [-0.25, -0.2) is 24.5 Å². The summed E-state index contributed by atoms with van der Waals surface area (Å²) in [6, 6.07) is 4.47. The van der Waals surface area contributed by atoms with Crippen LogP contribution < -0.4 is 19.9 Å². The first-order valence-corrected chi connectivity index (χ1v) is 11.0. The molecule has 2 fully saturated rings. The van der Waals surface area contributed by atoms with E-state index in [1.165, 1.54) is 13.4 Å². The van der Waals surface area contributed by atoms with Crippen LogP contribution in [0.1, 0.15) is 30.8 Å². The Hall–Kier alpha value is -3.51. The molecule has 3 aliphatic heterocycles. The van der Waals surface area contributed by atoms with Crippen molar-refractivity contribution in [3.8, 4) is 5.88 Å². The molecule has 2 saturated heterocycles. The lowest BCUT2D eigenvalue weighted by Gasteiger charge is -2.35. The van der Waals surface area contributed by atoms with Gasteiger partial charge in [-0.15, -0.1) is 0 Å². The van der Waals surface area contributed by atoms with E-state index in [0.717, 1.165) is 18.7 Å². The zero-order valence-corrected chi connectivity index (χ0v) is 19.2. The van der Waals surface area contributed by atoms with Crippen LogP contribution >= 0.6 is 0 Å². The predicted molar refractivity (Wildman–Crippen MR) is 120 cm³/mol. The molecule has 180 valence electrons. The second-order valence-corrected chi connectivity index (χ2v) is 8.72. The quantitative estimate of drug-likeness (QED) is 0.646. The molecule has 0 radical (unpaired) electrons. The number of amides is 2. The van der Waals surface area contributed by atoms with Crippen LogP contribution in [0.5, 0.6) is 5.88 Å². The molecule has 2 bridgehead atoms. The van der Waals surface area contributed by atoms with E-state index in [9.17, 15) is 9.59 Å². The third-order valence-electron chi connectivity index (χ3n) is 5.93. The number of hydrogen-bond acceptors (Lipinski definition) is 10. The lowest BCUT2D eigenvalue weighted by molar-refractivity contribution is -0.141. The van der Waals surface area contributed by atoms with Gasteiger partial charge in [-0.05, 0) is 32.4 Å². The number of methoxy groups -OCH3 is 1. The monoisotopic (exact) mass is 470 g/mol. The van der Waals surface area contributed by atoms with Crippen LogP contribution in [-0.4, -0.2) is 78.3 Å². The highest BCUT2D eigenvalue weighted by Crippen LogP contribution is 2.39. The molecule has 5 heterocycles. The SMILES string of the molecule is COC(=O)c1ccc2c(n1)N(C(=O)Nc1cc(OCC3COC(C)(C)O3)ncn1)[C@H]1CCN2C1. The van der Waals surface area contributed by atoms with Gasteiger partial charge in [0.05, 0.1) is 25.4 Å². The zero-order chi connectivity index (χ0) is 23.9. The standard InChI is InChI=1S/C22H26N6O6/c1-22(2)33-11-14(34-22)10-32-18-8-17(23-12-24-18)26-21(30)28-13-6-7-27(9-13)16-5-4-15(20(29)31-3)25-19(16)28/h4-5,8,12-14H,6-7,9-11H2,1-3H3,(H,23,24,26,30)/t13-,14?/m0/s1. The van der Waals surface area contributed by atoms with Crippen molar-refractivity contribution in [2.45, 2.75) is 38.2 Å². The minimum Gasteiger partial charge on any atom is -0.475 e. The molecule has 34 heavy (non-hydrogen) atoms. The van der Waals surface area contributed by atoms with E-state index in [1.807, 2.05) is 13.8 Å². The number of ether oxygens (including phenoxy) is 4. The maximum Gasteiger partial charge on any atom is 0.356 e. The third-order valence-corrected chi connectivity index (χ3v) is 5.93. The molecule has 0 aliphatic carbocycles. The molecule has 2 aromatic rings. The largest absolute Gasteiger partial charge is 0.475 e. The summed E-state index contributed by atoms with van der Waals surface area (Å²) in [7, 11) is 1.29. The van der Waals surface area contributed by atoms with Crippen LogP contribution in [0, 0.1) is 0 Å². The molecule has 2 atom stereocenters. The van der Waals surface area contributed by atoms with E-state index in [1.54, 1.807) is 23.1 Å². The summed E-state index contributed by atoms with van der Waals surface area (Å²) in [6.07, 6.45) is 1.89. The number of hydrogen-bond donors (Lipinski definition) is 1. The van der Waals surface area contributed by atoms with Crippen LogP contribution in [0.2, 0.25) is 0 Å². The number of carbonyl (C=O) groups excluding carboxylic acids is 2.